The highest BCUT2D eigenvalue weighted by Gasteiger charge is 2.35. The molecule has 0 saturated carbocycles. The van der Waals surface area contributed by atoms with Gasteiger partial charge < -0.3 is 20.5 Å². The van der Waals surface area contributed by atoms with Crippen molar-refractivity contribution >= 4 is 11.8 Å². The summed E-state index contributed by atoms with van der Waals surface area (Å²) in [6.07, 6.45) is 2.21. The average Bonchev–Trinajstić information content (AvgIpc) is 2.57. The van der Waals surface area contributed by atoms with Crippen molar-refractivity contribution in [3.8, 4) is 5.75 Å². The van der Waals surface area contributed by atoms with Crippen LogP contribution in [0.2, 0.25) is 0 Å². The fourth-order valence-corrected chi connectivity index (χ4v) is 2.93. The first-order chi connectivity index (χ1) is 11.4. The van der Waals surface area contributed by atoms with Gasteiger partial charge in [-0.3, -0.25) is 9.59 Å². The number of aryl methyl sites for hydroxylation is 1. The molecule has 1 aromatic rings. The predicted molar refractivity (Wildman–Crippen MR) is 90.7 cm³/mol. The fourth-order valence-electron chi connectivity index (χ4n) is 2.93. The van der Waals surface area contributed by atoms with E-state index in [1.165, 1.54) is 0 Å². The van der Waals surface area contributed by atoms with Crippen LogP contribution in [0.15, 0.2) is 18.2 Å². The summed E-state index contributed by atoms with van der Waals surface area (Å²) in [5, 5.41) is 16.1. The number of fused-ring (bicyclic) bond motifs is 1. The standard InChI is InChI=1S/C18H26N2O4/c1-12(2)10-19-16(21)17(22)20-11-18(23)8-4-5-13-9-14(24-3)6-7-15(13)18/h6-7,9,12,23H,4-5,8,10-11H2,1-3H3,(H,19,21)(H,20,22). The molecular formula is C18H26N2O4. The van der Waals surface area contributed by atoms with Gasteiger partial charge in [-0.1, -0.05) is 19.9 Å². The number of carbonyl (C=O) groups is 2. The van der Waals surface area contributed by atoms with Gasteiger partial charge in [0, 0.05) is 6.54 Å². The molecule has 0 bridgehead atoms. The summed E-state index contributed by atoms with van der Waals surface area (Å²) in [5.74, 6) is -0.371. The second-order valence-corrected chi connectivity index (χ2v) is 6.69. The number of carbonyl (C=O) groups excluding carboxylic acids is 2. The number of benzene rings is 1. The Morgan fingerprint density at radius 2 is 2.00 bits per heavy atom. The van der Waals surface area contributed by atoms with Crippen molar-refractivity contribution in [1.29, 1.82) is 0 Å². The Morgan fingerprint density at radius 1 is 1.29 bits per heavy atom. The molecule has 0 spiro atoms. The van der Waals surface area contributed by atoms with Crippen molar-refractivity contribution in [3.63, 3.8) is 0 Å². The molecule has 3 N–H and O–H groups in total. The van der Waals surface area contributed by atoms with Gasteiger partial charge in [-0.05, 0) is 48.4 Å². The summed E-state index contributed by atoms with van der Waals surface area (Å²) in [4.78, 5) is 23.6. The quantitative estimate of drug-likeness (QED) is 0.704. The van der Waals surface area contributed by atoms with E-state index < -0.39 is 17.4 Å². The minimum absolute atomic E-state index is 0.0141. The zero-order valence-electron chi connectivity index (χ0n) is 14.5. The van der Waals surface area contributed by atoms with Gasteiger partial charge in [-0.2, -0.15) is 0 Å². The first-order valence-electron chi connectivity index (χ1n) is 8.31. The van der Waals surface area contributed by atoms with Crippen LogP contribution in [0.4, 0.5) is 0 Å². The predicted octanol–water partition coefficient (Wildman–Crippen LogP) is 1.11. The maximum Gasteiger partial charge on any atom is 0.309 e. The topological polar surface area (TPSA) is 87.7 Å². The number of rotatable bonds is 5. The lowest BCUT2D eigenvalue weighted by molar-refractivity contribution is -0.140. The van der Waals surface area contributed by atoms with Crippen LogP contribution in [0.3, 0.4) is 0 Å². The zero-order chi connectivity index (χ0) is 17.7. The number of hydrogen-bond acceptors (Lipinski definition) is 4. The lowest BCUT2D eigenvalue weighted by atomic mass is 9.79. The highest BCUT2D eigenvalue weighted by molar-refractivity contribution is 6.35. The summed E-state index contributed by atoms with van der Waals surface area (Å²) in [6, 6.07) is 5.54. The first kappa shape index (κ1) is 18.3. The summed E-state index contributed by atoms with van der Waals surface area (Å²) >= 11 is 0. The highest BCUT2D eigenvalue weighted by atomic mass is 16.5. The van der Waals surface area contributed by atoms with Crippen LogP contribution >= 0.6 is 0 Å². The van der Waals surface area contributed by atoms with Gasteiger partial charge in [-0.15, -0.1) is 0 Å². The molecule has 0 aliphatic heterocycles. The molecule has 1 aliphatic rings. The molecule has 0 fully saturated rings. The maximum absolute atomic E-state index is 11.9. The van der Waals surface area contributed by atoms with E-state index in [1.807, 2.05) is 26.0 Å². The molecule has 0 saturated heterocycles. The lowest BCUT2D eigenvalue weighted by Gasteiger charge is -2.34. The molecule has 0 aromatic heterocycles. The van der Waals surface area contributed by atoms with E-state index in [9.17, 15) is 14.7 Å². The molecule has 1 atom stereocenters. The molecule has 132 valence electrons. The first-order valence-corrected chi connectivity index (χ1v) is 8.31. The van der Waals surface area contributed by atoms with E-state index >= 15 is 0 Å². The van der Waals surface area contributed by atoms with Crippen LogP contribution in [-0.4, -0.2) is 37.1 Å². The number of ether oxygens (including phenoxy) is 1. The van der Waals surface area contributed by atoms with Gasteiger partial charge >= 0.3 is 11.8 Å². The summed E-state index contributed by atoms with van der Waals surface area (Å²) in [5.41, 5.74) is 0.646. The van der Waals surface area contributed by atoms with Gasteiger partial charge in [-0.25, -0.2) is 0 Å². The van der Waals surface area contributed by atoms with Crippen molar-refractivity contribution in [2.75, 3.05) is 20.2 Å². The monoisotopic (exact) mass is 334 g/mol. The highest BCUT2D eigenvalue weighted by Crippen LogP contribution is 2.36. The van der Waals surface area contributed by atoms with E-state index in [0.29, 0.717) is 13.0 Å². The summed E-state index contributed by atoms with van der Waals surface area (Å²) < 4.78 is 5.22. The van der Waals surface area contributed by atoms with Gasteiger partial charge in [0.25, 0.3) is 0 Å². The Balaban J connectivity index is 2.02. The molecule has 6 nitrogen and oxygen atoms in total. The van der Waals surface area contributed by atoms with Gasteiger partial charge in [0.1, 0.15) is 11.4 Å². The van der Waals surface area contributed by atoms with Gasteiger partial charge in [0.05, 0.1) is 13.7 Å². The number of aliphatic hydroxyl groups is 1. The molecule has 1 aliphatic carbocycles. The zero-order valence-corrected chi connectivity index (χ0v) is 14.5. The van der Waals surface area contributed by atoms with Crippen LogP contribution in [0.25, 0.3) is 0 Å². The normalized spacial score (nSPS) is 19.5. The largest absolute Gasteiger partial charge is 0.497 e. The van der Waals surface area contributed by atoms with E-state index in [1.54, 1.807) is 13.2 Å². The van der Waals surface area contributed by atoms with Crippen molar-refractivity contribution in [1.82, 2.24) is 10.6 Å². The number of nitrogens with one attached hydrogen (secondary N) is 2. The molecule has 0 heterocycles. The molecular weight excluding hydrogens is 308 g/mol. The van der Waals surface area contributed by atoms with Crippen LogP contribution in [0.5, 0.6) is 5.75 Å². The minimum atomic E-state index is -1.16. The SMILES string of the molecule is COc1ccc2c(c1)CCCC2(O)CNC(=O)C(=O)NCC(C)C. The molecule has 1 aromatic carbocycles. The third-order valence-corrected chi connectivity index (χ3v) is 4.27. The maximum atomic E-state index is 11.9. The van der Waals surface area contributed by atoms with E-state index in [2.05, 4.69) is 10.6 Å². The molecule has 2 amide bonds. The summed E-state index contributed by atoms with van der Waals surface area (Å²) in [7, 11) is 1.60. The number of methoxy groups -OCH3 is 1. The third kappa shape index (κ3) is 4.26. The van der Waals surface area contributed by atoms with Gasteiger partial charge in [0.15, 0.2) is 0 Å². The van der Waals surface area contributed by atoms with Crippen LogP contribution in [0.1, 0.15) is 37.8 Å². The second kappa shape index (κ2) is 7.66. The minimum Gasteiger partial charge on any atom is -0.497 e. The Morgan fingerprint density at radius 3 is 2.67 bits per heavy atom. The Kier molecular flexibility index (Phi) is 5.83. The Bertz CT molecular complexity index is 615. The fraction of sp³-hybridized carbons (Fsp3) is 0.556. The Hall–Kier alpha value is -2.08. The third-order valence-electron chi connectivity index (χ3n) is 4.27. The number of hydrogen-bond donors (Lipinski definition) is 3. The Labute approximate surface area is 142 Å². The van der Waals surface area contributed by atoms with Crippen molar-refractivity contribution in [3.05, 3.63) is 29.3 Å². The molecule has 1 unspecified atom stereocenters. The smallest absolute Gasteiger partial charge is 0.309 e. The molecule has 0 radical (unpaired) electrons. The van der Waals surface area contributed by atoms with Crippen LogP contribution in [0, 0.1) is 5.92 Å². The molecule has 24 heavy (non-hydrogen) atoms. The molecule has 6 heteroatoms. The van der Waals surface area contributed by atoms with Crippen molar-refractivity contribution in [2.45, 2.75) is 38.7 Å². The lowest BCUT2D eigenvalue weighted by Crippen LogP contribution is -2.48. The van der Waals surface area contributed by atoms with Crippen LogP contribution in [-0.2, 0) is 21.6 Å². The van der Waals surface area contributed by atoms with Gasteiger partial charge in [0.2, 0.25) is 0 Å². The second-order valence-electron chi connectivity index (χ2n) is 6.69. The van der Waals surface area contributed by atoms with E-state index in [-0.39, 0.29) is 12.5 Å². The van der Waals surface area contributed by atoms with E-state index in [4.69, 9.17) is 4.74 Å². The van der Waals surface area contributed by atoms with E-state index in [0.717, 1.165) is 29.7 Å². The number of amides is 2. The molecule has 2 rings (SSSR count). The van der Waals surface area contributed by atoms with Crippen LogP contribution < -0.4 is 15.4 Å². The van der Waals surface area contributed by atoms with Crippen molar-refractivity contribution in [2.24, 2.45) is 5.92 Å². The van der Waals surface area contributed by atoms with Crippen molar-refractivity contribution < 1.29 is 19.4 Å². The summed E-state index contributed by atoms with van der Waals surface area (Å²) in [6.45, 7) is 4.36. The average molecular weight is 334 g/mol.